The number of benzene rings is 3. The lowest BCUT2D eigenvalue weighted by Crippen LogP contribution is -2.55. The van der Waals surface area contributed by atoms with Gasteiger partial charge in [0.15, 0.2) is 5.69 Å². The molecule has 5 aromatic rings. The van der Waals surface area contributed by atoms with Crippen molar-refractivity contribution in [1.29, 1.82) is 0 Å². The van der Waals surface area contributed by atoms with Crippen molar-refractivity contribution in [3.05, 3.63) is 94.5 Å². The van der Waals surface area contributed by atoms with E-state index in [1.165, 1.54) is 0 Å². The molecule has 0 radical (unpaired) electrons. The van der Waals surface area contributed by atoms with Gasteiger partial charge in [-0.2, -0.15) is 10.2 Å². The Balaban J connectivity index is 1.07. The molecule has 8 heteroatoms. The number of aromatic amines is 1. The maximum absolute atomic E-state index is 13.5. The summed E-state index contributed by atoms with van der Waals surface area (Å²) in [5.74, 6) is 0.134. The lowest BCUT2D eigenvalue weighted by atomic mass is 9.49. The van der Waals surface area contributed by atoms with E-state index in [2.05, 4.69) is 32.7 Å². The van der Waals surface area contributed by atoms with E-state index in [4.69, 9.17) is 0 Å². The van der Waals surface area contributed by atoms with Gasteiger partial charge in [0.2, 0.25) is 0 Å². The molecule has 2 fully saturated rings. The first kappa shape index (κ1) is 25.7. The van der Waals surface area contributed by atoms with Crippen molar-refractivity contribution in [3.63, 3.8) is 0 Å². The zero-order chi connectivity index (χ0) is 28.4. The van der Waals surface area contributed by atoms with Crippen LogP contribution < -0.4 is 10.9 Å². The summed E-state index contributed by atoms with van der Waals surface area (Å²) in [6, 6.07) is 23.9. The largest absolute Gasteiger partial charge is 0.389 e. The smallest absolute Gasteiger partial charge is 0.272 e. The molecule has 0 bridgehead atoms. The van der Waals surface area contributed by atoms with Gasteiger partial charge in [0, 0.05) is 22.7 Å². The van der Waals surface area contributed by atoms with Crippen LogP contribution in [0, 0.1) is 5.41 Å². The van der Waals surface area contributed by atoms with Gasteiger partial charge in [0.1, 0.15) is 0 Å². The third-order valence-corrected chi connectivity index (χ3v) is 8.78. The minimum atomic E-state index is -0.984. The minimum absolute atomic E-state index is 0.0989. The molecule has 208 valence electrons. The molecular formula is C33H33N5O3. The standard InChI is InChI=1S/C33H33N5O3/c1-32(2,41)19-38-27-14-21(20-8-4-3-5-9-20)12-13-26(27)29(37-38)31(40)34-23-17-33(18-23)15-22(16-33)28-24-10-6-7-11-25(24)30(39)36-35-28/h3-14,22-23,41H,15-19H2,1-2H3,(H,34,40)(H,36,39)/t22-,23-,33?. The summed E-state index contributed by atoms with van der Waals surface area (Å²) in [6.07, 6.45) is 3.87. The number of aromatic nitrogens is 4. The first-order valence-electron chi connectivity index (χ1n) is 14.2. The normalized spacial score (nSPS) is 22.0. The quantitative estimate of drug-likeness (QED) is 0.272. The number of aliphatic hydroxyl groups is 1. The van der Waals surface area contributed by atoms with Gasteiger partial charge in [-0.15, -0.1) is 0 Å². The van der Waals surface area contributed by atoms with Crippen molar-refractivity contribution >= 4 is 27.6 Å². The molecular weight excluding hydrogens is 514 g/mol. The van der Waals surface area contributed by atoms with Gasteiger partial charge in [0.05, 0.1) is 28.7 Å². The fraction of sp³-hybridized carbons (Fsp3) is 0.333. The van der Waals surface area contributed by atoms with Crippen LogP contribution in [0.2, 0.25) is 0 Å². The number of hydrogen-bond donors (Lipinski definition) is 3. The van der Waals surface area contributed by atoms with Crippen molar-refractivity contribution in [2.45, 2.75) is 63.6 Å². The van der Waals surface area contributed by atoms with Crippen LogP contribution >= 0.6 is 0 Å². The number of carbonyl (C=O) groups excluding carboxylic acids is 1. The van der Waals surface area contributed by atoms with Crippen molar-refractivity contribution in [2.24, 2.45) is 5.41 Å². The molecule has 8 nitrogen and oxygen atoms in total. The number of rotatable bonds is 6. The Bertz CT molecular complexity index is 1840. The fourth-order valence-corrected chi connectivity index (χ4v) is 6.94. The molecule has 2 heterocycles. The van der Waals surface area contributed by atoms with Gasteiger partial charge in [0.25, 0.3) is 11.5 Å². The van der Waals surface area contributed by atoms with Crippen LogP contribution in [0.4, 0.5) is 0 Å². The molecule has 2 aliphatic rings. The van der Waals surface area contributed by atoms with E-state index < -0.39 is 5.60 Å². The van der Waals surface area contributed by atoms with Crippen LogP contribution in [0.25, 0.3) is 32.8 Å². The van der Waals surface area contributed by atoms with Crippen LogP contribution in [0.5, 0.6) is 0 Å². The summed E-state index contributed by atoms with van der Waals surface area (Å²) < 4.78 is 1.75. The molecule has 2 aliphatic carbocycles. The molecule has 2 aromatic heterocycles. The molecule has 1 spiro atoms. The van der Waals surface area contributed by atoms with E-state index in [1.807, 2.05) is 60.7 Å². The van der Waals surface area contributed by atoms with Gasteiger partial charge in [-0.1, -0.05) is 54.6 Å². The van der Waals surface area contributed by atoms with Crippen molar-refractivity contribution in [2.75, 3.05) is 0 Å². The Labute approximate surface area is 237 Å². The number of fused-ring (bicyclic) bond motifs is 2. The fourth-order valence-electron chi connectivity index (χ4n) is 6.94. The summed E-state index contributed by atoms with van der Waals surface area (Å²) in [7, 11) is 0. The topological polar surface area (TPSA) is 113 Å². The number of nitrogens with zero attached hydrogens (tertiary/aromatic N) is 3. The summed E-state index contributed by atoms with van der Waals surface area (Å²) in [6.45, 7) is 3.76. The second-order valence-corrected chi connectivity index (χ2v) is 12.6. The van der Waals surface area contributed by atoms with Crippen LogP contribution in [0.1, 0.15) is 61.6 Å². The van der Waals surface area contributed by atoms with Crippen LogP contribution in [0.3, 0.4) is 0 Å². The molecule has 0 aliphatic heterocycles. The number of amides is 1. The molecule has 0 saturated heterocycles. The van der Waals surface area contributed by atoms with E-state index in [-0.39, 0.29) is 29.5 Å². The highest BCUT2D eigenvalue weighted by Crippen LogP contribution is 2.62. The van der Waals surface area contributed by atoms with Crippen molar-refractivity contribution in [3.8, 4) is 11.1 Å². The van der Waals surface area contributed by atoms with Crippen molar-refractivity contribution in [1.82, 2.24) is 25.3 Å². The second kappa shape index (κ2) is 9.38. The Kier molecular flexibility index (Phi) is 5.87. The monoisotopic (exact) mass is 547 g/mol. The first-order valence-corrected chi connectivity index (χ1v) is 14.2. The van der Waals surface area contributed by atoms with Crippen LogP contribution in [0.15, 0.2) is 77.6 Å². The summed E-state index contributed by atoms with van der Waals surface area (Å²) >= 11 is 0. The highest BCUT2D eigenvalue weighted by Gasteiger charge is 2.54. The molecule has 41 heavy (non-hydrogen) atoms. The maximum Gasteiger partial charge on any atom is 0.272 e. The summed E-state index contributed by atoms with van der Waals surface area (Å²) in [5.41, 5.74) is 3.38. The maximum atomic E-state index is 13.5. The third-order valence-electron chi connectivity index (χ3n) is 8.78. The van der Waals surface area contributed by atoms with E-state index in [0.29, 0.717) is 17.0 Å². The lowest BCUT2D eigenvalue weighted by Gasteiger charge is -2.57. The zero-order valence-corrected chi connectivity index (χ0v) is 23.2. The van der Waals surface area contributed by atoms with E-state index in [9.17, 15) is 14.7 Å². The Morgan fingerprint density at radius 2 is 1.68 bits per heavy atom. The molecule has 0 atom stereocenters. The number of carbonyl (C=O) groups is 1. The molecule has 2 saturated carbocycles. The average molecular weight is 548 g/mol. The predicted octanol–water partition coefficient (Wildman–Crippen LogP) is 5.17. The zero-order valence-electron chi connectivity index (χ0n) is 23.2. The molecule has 0 unspecified atom stereocenters. The van der Waals surface area contributed by atoms with Crippen LogP contribution in [-0.4, -0.2) is 42.6 Å². The number of H-pyrrole nitrogens is 1. The Hall–Kier alpha value is -4.30. The first-order chi connectivity index (χ1) is 19.7. The van der Waals surface area contributed by atoms with Gasteiger partial charge < -0.3 is 10.4 Å². The lowest BCUT2D eigenvalue weighted by molar-refractivity contribution is -0.0197. The van der Waals surface area contributed by atoms with Gasteiger partial charge in [-0.3, -0.25) is 14.3 Å². The molecule has 3 aromatic carbocycles. The van der Waals surface area contributed by atoms with Crippen molar-refractivity contribution < 1.29 is 9.90 Å². The van der Waals surface area contributed by atoms with Gasteiger partial charge in [-0.25, -0.2) is 5.10 Å². The minimum Gasteiger partial charge on any atom is -0.389 e. The molecule has 7 rings (SSSR count). The second-order valence-electron chi connectivity index (χ2n) is 12.6. The van der Waals surface area contributed by atoms with E-state index in [0.717, 1.165) is 58.8 Å². The SMILES string of the molecule is CC(C)(O)Cn1nc(C(=O)N[C@H]2CC3(C2)C[C@H](c2n[nH]c(=O)c4ccccc42)C3)c2ccc(-c3ccccc3)cc21. The van der Waals surface area contributed by atoms with E-state index >= 15 is 0 Å². The number of nitrogens with one attached hydrogen (secondary N) is 2. The summed E-state index contributed by atoms with van der Waals surface area (Å²) in [5, 5.41) is 27.9. The third kappa shape index (κ3) is 4.62. The van der Waals surface area contributed by atoms with E-state index in [1.54, 1.807) is 18.5 Å². The molecule has 3 N–H and O–H groups in total. The summed E-state index contributed by atoms with van der Waals surface area (Å²) in [4.78, 5) is 25.7. The van der Waals surface area contributed by atoms with Gasteiger partial charge >= 0.3 is 0 Å². The molecule has 1 amide bonds. The predicted molar refractivity (Wildman–Crippen MR) is 159 cm³/mol. The number of hydrogen-bond acceptors (Lipinski definition) is 5. The highest BCUT2D eigenvalue weighted by atomic mass is 16.3. The van der Waals surface area contributed by atoms with Crippen LogP contribution in [-0.2, 0) is 6.54 Å². The Morgan fingerprint density at radius 1 is 0.976 bits per heavy atom. The highest BCUT2D eigenvalue weighted by molar-refractivity contribution is 6.05. The Morgan fingerprint density at radius 3 is 2.41 bits per heavy atom. The average Bonchev–Trinajstić information content (AvgIpc) is 3.27. The van der Waals surface area contributed by atoms with Gasteiger partial charge in [-0.05, 0) is 74.3 Å².